The molecule has 17 heavy (non-hydrogen) atoms. The standard InChI is InChI=1S/C12H14N2O3/c1-8-5-14(7-15)6-10-3-2-9(12(13)16)4-11(10)17-8/h2-4,7-8H,5-6H2,1H3,(H2,13,16). The molecule has 5 nitrogen and oxygen atoms in total. The number of hydrogen-bond donors (Lipinski definition) is 1. The average molecular weight is 234 g/mol. The predicted octanol–water partition coefficient (Wildman–Crippen LogP) is 0.525. The lowest BCUT2D eigenvalue weighted by atomic mass is 10.1. The number of nitrogens with zero attached hydrogens (tertiary/aromatic N) is 1. The third-order valence-electron chi connectivity index (χ3n) is 2.69. The van der Waals surface area contributed by atoms with Crippen LogP contribution in [0.4, 0.5) is 0 Å². The average Bonchev–Trinajstić information content (AvgIpc) is 2.45. The molecule has 0 aromatic heterocycles. The van der Waals surface area contributed by atoms with Gasteiger partial charge in [0.2, 0.25) is 12.3 Å². The fourth-order valence-electron chi connectivity index (χ4n) is 1.90. The van der Waals surface area contributed by atoms with Gasteiger partial charge in [-0.3, -0.25) is 9.59 Å². The molecule has 1 aliphatic heterocycles. The second kappa shape index (κ2) is 4.45. The van der Waals surface area contributed by atoms with E-state index >= 15 is 0 Å². The summed E-state index contributed by atoms with van der Waals surface area (Å²) >= 11 is 0. The fourth-order valence-corrected chi connectivity index (χ4v) is 1.90. The van der Waals surface area contributed by atoms with E-state index in [1.807, 2.05) is 6.92 Å². The summed E-state index contributed by atoms with van der Waals surface area (Å²) in [4.78, 5) is 23.6. The lowest BCUT2D eigenvalue weighted by Gasteiger charge is -2.16. The van der Waals surface area contributed by atoms with Gasteiger partial charge in [-0.15, -0.1) is 0 Å². The van der Waals surface area contributed by atoms with Crippen molar-refractivity contribution >= 4 is 12.3 Å². The van der Waals surface area contributed by atoms with Gasteiger partial charge in [-0.25, -0.2) is 0 Å². The lowest BCUT2D eigenvalue weighted by Crippen LogP contribution is -2.29. The van der Waals surface area contributed by atoms with Crippen LogP contribution >= 0.6 is 0 Å². The number of hydrogen-bond acceptors (Lipinski definition) is 3. The Hall–Kier alpha value is -2.04. The van der Waals surface area contributed by atoms with Crippen molar-refractivity contribution in [2.75, 3.05) is 6.54 Å². The fraction of sp³-hybridized carbons (Fsp3) is 0.333. The Morgan fingerprint density at radius 2 is 2.35 bits per heavy atom. The van der Waals surface area contributed by atoms with E-state index in [-0.39, 0.29) is 6.10 Å². The van der Waals surface area contributed by atoms with Crippen LogP contribution < -0.4 is 10.5 Å². The molecular weight excluding hydrogens is 220 g/mol. The Morgan fingerprint density at radius 3 is 3.00 bits per heavy atom. The molecule has 90 valence electrons. The zero-order valence-corrected chi connectivity index (χ0v) is 9.55. The highest BCUT2D eigenvalue weighted by atomic mass is 16.5. The molecule has 0 bridgehead atoms. The number of fused-ring (bicyclic) bond motifs is 1. The van der Waals surface area contributed by atoms with Crippen molar-refractivity contribution in [1.82, 2.24) is 4.90 Å². The molecule has 1 atom stereocenters. The Balaban J connectivity index is 2.38. The molecule has 2 amide bonds. The van der Waals surface area contributed by atoms with Crippen LogP contribution in [-0.4, -0.2) is 29.9 Å². The lowest BCUT2D eigenvalue weighted by molar-refractivity contribution is -0.119. The maximum atomic E-state index is 11.1. The summed E-state index contributed by atoms with van der Waals surface area (Å²) in [6, 6.07) is 5.04. The Labute approximate surface area is 99.2 Å². The van der Waals surface area contributed by atoms with Crippen molar-refractivity contribution < 1.29 is 14.3 Å². The van der Waals surface area contributed by atoms with Gasteiger partial charge in [-0.2, -0.15) is 0 Å². The SMILES string of the molecule is CC1CN(C=O)Cc2ccc(C(N)=O)cc2O1. The molecule has 0 fully saturated rings. The summed E-state index contributed by atoms with van der Waals surface area (Å²) in [5, 5.41) is 0. The second-order valence-electron chi connectivity index (χ2n) is 4.15. The number of carbonyl (C=O) groups is 2. The highest BCUT2D eigenvalue weighted by Gasteiger charge is 2.19. The molecule has 1 aromatic carbocycles. The van der Waals surface area contributed by atoms with E-state index < -0.39 is 5.91 Å². The smallest absolute Gasteiger partial charge is 0.248 e. The first kappa shape index (κ1) is 11.4. The van der Waals surface area contributed by atoms with Crippen molar-refractivity contribution in [2.24, 2.45) is 5.73 Å². The molecule has 0 saturated carbocycles. The molecule has 0 aliphatic carbocycles. The molecule has 1 aliphatic rings. The van der Waals surface area contributed by atoms with E-state index in [1.54, 1.807) is 23.1 Å². The maximum absolute atomic E-state index is 11.1. The topological polar surface area (TPSA) is 72.6 Å². The van der Waals surface area contributed by atoms with Crippen LogP contribution in [0, 0.1) is 0 Å². The van der Waals surface area contributed by atoms with Gasteiger partial charge in [0.05, 0.1) is 6.54 Å². The number of ether oxygens (including phenoxy) is 1. The monoisotopic (exact) mass is 234 g/mol. The number of primary amides is 1. The molecular formula is C12H14N2O3. The van der Waals surface area contributed by atoms with Crippen LogP contribution in [0.1, 0.15) is 22.8 Å². The first-order valence-electron chi connectivity index (χ1n) is 5.39. The summed E-state index contributed by atoms with van der Waals surface area (Å²) in [5.74, 6) is 0.138. The molecule has 2 rings (SSSR count). The zero-order chi connectivity index (χ0) is 12.4. The number of amides is 2. The van der Waals surface area contributed by atoms with Gasteiger partial charge in [0.25, 0.3) is 0 Å². The molecule has 0 saturated heterocycles. The summed E-state index contributed by atoms with van der Waals surface area (Å²) in [6.45, 7) is 2.90. The number of nitrogens with two attached hydrogens (primary N) is 1. The third kappa shape index (κ3) is 2.38. The normalized spacial score (nSPS) is 18.9. The van der Waals surface area contributed by atoms with Crippen LogP contribution in [0.25, 0.3) is 0 Å². The molecule has 2 N–H and O–H groups in total. The largest absolute Gasteiger partial charge is 0.488 e. The van der Waals surface area contributed by atoms with Crippen LogP contribution in [0.2, 0.25) is 0 Å². The number of carbonyl (C=O) groups excluding carboxylic acids is 2. The van der Waals surface area contributed by atoms with Crippen molar-refractivity contribution in [3.05, 3.63) is 29.3 Å². The van der Waals surface area contributed by atoms with Gasteiger partial charge in [-0.1, -0.05) is 6.07 Å². The molecule has 5 heteroatoms. The summed E-state index contributed by atoms with van der Waals surface area (Å²) in [5.41, 5.74) is 6.51. The first-order valence-corrected chi connectivity index (χ1v) is 5.39. The molecule has 0 spiro atoms. The Bertz CT molecular complexity index is 459. The van der Waals surface area contributed by atoms with E-state index in [4.69, 9.17) is 10.5 Å². The minimum Gasteiger partial charge on any atom is -0.488 e. The Kier molecular flexibility index (Phi) is 2.99. The zero-order valence-electron chi connectivity index (χ0n) is 9.55. The van der Waals surface area contributed by atoms with Crippen LogP contribution in [0.3, 0.4) is 0 Å². The summed E-state index contributed by atoms with van der Waals surface area (Å²) in [6.07, 6.45) is 0.696. The van der Waals surface area contributed by atoms with Crippen molar-refractivity contribution in [3.8, 4) is 5.75 Å². The Morgan fingerprint density at radius 1 is 1.59 bits per heavy atom. The van der Waals surface area contributed by atoms with E-state index in [0.29, 0.717) is 24.4 Å². The number of rotatable bonds is 2. The number of benzene rings is 1. The molecule has 1 unspecified atom stereocenters. The molecule has 1 heterocycles. The molecule has 0 radical (unpaired) electrons. The summed E-state index contributed by atoms with van der Waals surface area (Å²) in [7, 11) is 0. The quantitative estimate of drug-likeness (QED) is 0.758. The van der Waals surface area contributed by atoms with Gasteiger partial charge in [0, 0.05) is 17.7 Å². The van der Waals surface area contributed by atoms with E-state index in [2.05, 4.69) is 0 Å². The first-order chi connectivity index (χ1) is 8.10. The van der Waals surface area contributed by atoms with Crippen molar-refractivity contribution in [2.45, 2.75) is 19.6 Å². The highest BCUT2D eigenvalue weighted by Crippen LogP contribution is 2.25. The van der Waals surface area contributed by atoms with Crippen molar-refractivity contribution in [1.29, 1.82) is 0 Å². The van der Waals surface area contributed by atoms with Gasteiger partial charge in [0.1, 0.15) is 11.9 Å². The predicted molar refractivity (Wildman–Crippen MR) is 61.5 cm³/mol. The second-order valence-corrected chi connectivity index (χ2v) is 4.15. The van der Waals surface area contributed by atoms with E-state index in [1.165, 1.54) is 0 Å². The summed E-state index contributed by atoms with van der Waals surface area (Å²) < 4.78 is 5.67. The van der Waals surface area contributed by atoms with Crippen LogP contribution in [0.5, 0.6) is 5.75 Å². The molecule has 1 aromatic rings. The third-order valence-corrected chi connectivity index (χ3v) is 2.69. The van der Waals surface area contributed by atoms with E-state index in [9.17, 15) is 9.59 Å². The minimum absolute atomic E-state index is 0.107. The van der Waals surface area contributed by atoms with Crippen molar-refractivity contribution in [3.63, 3.8) is 0 Å². The van der Waals surface area contributed by atoms with E-state index in [0.717, 1.165) is 12.0 Å². The minimum atomic E-state index is -0.486. The highest BCUT2D eigenvalue weighted by molar-refractivity contribution is 5.93. The van der Waals surface area contributed by atoms with Gasteiger partial charge >= 0.3 is 0 Å². The van der Waals surface area contributed by atoms with Gasteiger partial charge in [-0.05, 0) is 19.1 Å². The van der Waals surface area contributed by atoms with Crippen LogP contribution in [0.15, 0.2) is 18.2 Å². The van der Waals surface area contributed by atoms with Gasteiger partial charge in [0.15, 0.2) is 0 Å². The van der Waals surface area contributed by atoms with Crippen LogP contribution in [-0.2, 0) is 11.3 Å². The maximum Gasteiger partial charge on any atom is 0.248 e. The van der Waals surface area contributed by atoms with Gasteiger partial charge < -0.3 is 15.4 Å².